The monoisotopic (exact) mass is 360 g/mol. The summed E-state index contributed by atoms with van der Waals surface area (Å²) in [4.78, 5) is 24.2. The van der Waals surface area contributed by atoms with Crippen molar-refractivity contribution in [1.82, 2.24) is 0 Å². The van der Waals surface area contributed by atoms with E-state index in [-0.39, 0.29) is 17.7 Å². The van der Waals surface area contributed by atoms with Gasteiger partial charge in [0.05, 0.1) is 17.7 Å². The lowest BCUT2D eigenvalue weighted by atomic mass is 10.1. The van der Waals surface area contributed by atoms with Gasteiger partial charge in [-0.1, -0.05) is 70.2 Å². The zero-order chi connectivity index (χ0) is 19.0. The minimum atomic E-state index is -0.502. The van der Waals surface area contributed by atoms with E-state index in [1.807, 2.05) is 13.0 Å². The number of allylic oxidation sites excluding steroid dienone is 1. The first-order valence-corrected chi connectivity index (χ1v) is 9.79. The third-order valence-electron chi connectivity index (χ3n) is 4.01. The van der Waals surface area contributed by atoms with Crippen LogP contribution in [0.3, 0.4) is 0 Å². The van der Waals surface area contributed by atoms with Crippen LogP contribution in [-0.2, 0) is 9.47 Å². The fourth-order valence-electron chi connectivity index (χ4n) is 2.54. The van der Waals surface area contributed by atoms with Gasteiger partial charge in [-0.15, -0.1) is 0 Å². The van der Waals surface area contributed by atoms with Crippen molar-refractivity contribution in [3.05, 3.63) is 47.5 Å². The molecule has 144 valence electrons. The van der Waals surface area contributed by atoms with Crippen molar-refractivity contribution in [1.29, 1.82) is 0 Å². The van der Waals surface area contributed by atoms with Gasteiger partial charge in [0, 0.05) is 0 Å². The number of benzene rings is 1. The number of carbonyl (C=O) groups is 2. The largest absolute Gasteiger partial charge is 0.462 e. The molecule has 1 rings (SSSR count). The van der Waals surface area contributed by atoms with Crippen LogP contribution in [0.5, 0.6) is 0 Å². The summed E-state index contributed by atoms with van der Waals surface area (Å²) >= 11 is 0. The van der Waals surface area contributed by atoms with Crippen LogP contribution in [0.15, 0.2) is 36.4 Å². The van der Waals surface area contributed by atoms with E-state index in [4.69, 9.17) is 9.47 Å². The molecule has 0 fully saturated rings. The highest BCUT2D eigenvalue weighted by Gasteiger charge is 2.18. The fourth-order valence-corrected chi connectivity index (χ4v) is 2.54. The Morgan fingerprint density at radius 1 is 0.808 bits per heavy atom. The van der Waals surface area contributed by atoms with Gasteiger partial charge >= 0.3 is 11.9 Å². The van der Waals surface area contributed by atoms with E-state index in [9.17, 15) is 9.59 Å². The van der Waals surface area contributed by atoms with E-state index in [1.54, 1.807) is 24.3 Å². The molecule has 26 heavy (non-hydrogen) atoms. The average molecular weight is 360 g/mol. The number of ether oxygens (including phenoxy) is 2. The first-order valence-electron chi connectivity index (χ1n) is 9.79. The van der Waals surface area contributed by atoms with Gasteiger partial charge in [0.1, 0.15) is 6.61 Å². The topological polar surface area (TPSA) is 52.6 Å². The summed E-state index contributed by atoms with van der Waals surface area (Å²) in [5.41, 5.74) is 0.500. The minimum absolute atomic E-state index is 0.215. The molecule has 1 aromatic rings. The standard InChI is InChI=1S/C22H32O4/c1-3-5-6-7-8-9-10-11-14-18-26-22(24)20-16-13-12-15-19(20)21(23)25-17-4-2/h11-16H,3-10,17-18H2,1-2H3/b14-11+. The second-order valence-corrected chi connectivity index (χ2v) is 6.31. The summed E-state index contributed by atoms with van der Waals surface area (Å²) in [5.74, 6) is -0.990. The highest BCUT2D eigenvalue weighted by molar-refractivity contribution is 6.03. The average Bonchev–Trinajstić information content (AvgIpc) is 2.67. The molecule has 0 aliphatic heterocycles. The van der Waals surface area contributed by atoms with Gasteiger partial charge in [-0.25, -0.2) is 9.59 Å². The maximum Gasteiger partial charge on any atom is 0.339 e. The molecule has 0 bridgehead atoms. The van der Waals surface area contributed by atoms with Crippen molar-refractivity contribution in [2.75, 3.05) is 13.2 Å². The van der Waals surface area contributed by atoms with Crippen molar-refractivity contribution >= 4 is 11.9 Å². The molecule has 0 amide bonds. The van der Waals surface area contributed by atoms with Crippen molar-refractivity contribution in [2.45, 2.75) is 65.2 Å². The number of hydrogen-bond donors (Lipinski definition) is 0. The predicted molar refractivity (Wildman–Crippen MR) is 104 cm³/mol. The van der Waals surface area contributed by atoms with Gasteiger partial charge in [-0.05, 0) is 31.4 Å². The van der Waals surface area contributed by atoms with Crippen LogP contribution >= 0.6 is 0 Å². The third kappa shape index (κ3) is 8.84. The molecule has 4 nitrogen and oxygen atoms in total. The van der Waals surface area contributed by atoms with E-state index in [0.717, 1.165) is 12.8 Å². The Kier molecular flexibility index (Phi) is 11.9. The first-order chi connectivity index (χ1) is 12.7. The Hall–Kier alpha value is -2.10. The van der Waals surface area contributed by atoms with Gasteiger partial charge in [0.2, 0.25) is 0 Å². The molecule has 0 aliphatic carbocycles. The number of carbonyl (C=O) groups excluding carboxylic acids is 2. The SMILES string of the molecule is CCCCCCCC/C=C/COC(=O)c1ccccc1C(=O)OCCC. The lowest BCUT2D eigenvalue weighted by molar-refractivity contribution is 0.0475. The zero-order valence-corrected chi connectivity index (χ0v) is 16.2. The lowest BCUT2D eigenvalue weighted by Crippen LogP contribution is -2.14. The van der Waals surface area contributed by atoms with Gasteiger partial charge in [0.15, 0.2) is 0 Å². The van der Waals surface area contributed by atoms with Crippen LogP contribution in [0.1, 0.15) is 85.9 Å². The summed E-state index contributed by atoms with van der Waals surface area (Å²) in [5, 5.41) is 0. The molecular weight excluding hydrogens is 328 g/mol. The van der Waals surface area contributed by atoms with Crippen molar-refractivity contribution < 1.29 is 19.1 Å². The summed E-state index contributed by atoms with van der Waals surface area (Å²) in [6.45, 7) is 4.69. The third-order valence-corrected chi connectivity index (χ3v) is 4.01. The second kappa shape index (κ2) is 14.1. The second-order valence-electron chi connectivity index (χ2n) is 6.31. The smallest absolute Gasteiger partial charge is 0.339 e. The highest BCUT2D eigenvalue weighted by atomic mass is 16.5. The summed E-state index contributed by atoms with van der Waals surface area (Å²) < 4.78 is 10.4. The fraction of sp³-hybridized carbons (Fsp3) is 0.545. The first kappa shape index (κ1) is 21.9. The van der Waals surface area contributed by atoms with E-state index in [2.05, 4.69) is 13.0 Å². The van der Waals surface area contributed by atoms with Crippen LogP contribution in [0.2, 0.25) is 0 Å². The van der Waals surface area contributed by atoms with Crippen molar-refractivity contribution in [2.24, 2.45) is 0 Å². The molecule has 0 N–H and O–H groups in total. The van der Waals surface area contributed by atoms with Gasteiger partial charge in [-0.3, -0.25) is 0 Å². The van der Waals surface area contributed by atoms with Gasteiger partial charge in [-0.2, -0.15) is 0 Å². The van der Waals surface area contributed by atoms with Crippen LogP contribution in [0, 0.1) is 0 Å². The normalized spacial score (nSPS) is 10.8. The Morgan fingerprint density at radius 3 is 2.08 bits per heavy atom. The molecule has 4 heteroatoms. The number of esters is 2. The molecular formula is C22H32O4. The van der Waals surface area contributed by atoms with Crippen LogP contribution in [-0.4, -0.2) is 25.2 Å². The molecule has 0 saturated carbocycles. The molecule has 0 atom stereocenters. The summed E-state index contributed by atoms with van der Waals surface area (Å²) in [7, 11) is 0. The van der Waals surface area contributed by atoms with Gasteiger partial charge in [0.25, 0.3) is 0 Å². The van der Waals surface area contributed by atoms with E-state index < -0.39 is 11.9 Å². The van der Waals surface area contributed by atoms with E-state index >= 15 is 0 Å². The Morgan fingerprint density at radius 2 is 1.42 bits per heavy atom. The van der Waals surface area contributed by atoms with Crippen molar-refractivity contribution in [3.8, 4) is 0 Å². The molecule has 0 spiro atoms. The highest BCUT2D eigenvalue weighted by Crippen LogP contribution is 2.12. The molecule has 0 unspecified atom stereocenters. The molecule has 0 aliphatic rings. The molecule has 0 radical (unpaired) electrons. The van der Waals surface area contributed by atoms with Crippen LogP contribution in [0.25, 0.3) is 0 Å². The minimum Gasteiger partial charge on any atom is -0.462 e. The number of rotatable bonds is 13. The molecule has 0 saturated heterocycles. The summed E-state index contributed by atoms with van der Waals surface area (Å²) in [6.07, 6.45) is 13.3. The lowest BCUT2D eigenvalue weighted by Gasteiger charge is -2.08. The van der Waals surface area contributed by atoms with Gasteiger partial charge < -0.3 is 9.47 Å². The molecule has 1 aromatic carbocycles. The van der Waals surface area contributed by atoms with E-state index in [1.165, 1.54) is 38.5 Å². The van der Waals surface area contributed by atoms with Crippen LogP contribution < -0.4 is 0 Å². The molecule has 0 aromatic heterocycles. The number of hydrogen-bond acceptors (Lipinski definition) is 4. The maximum atomic E-state index is 12.2. The van der Waals surface area contributed by atoms with Crippen LogP contribution in [0.4, 0.5) is 0 Å². The predicted octanol–water partition coefficient (Wildman–Crippen LogP) is 5.72. The quantitative estimate of drug-likeness (QED) is 0.256. The van der Waals surface area contributed by atoms with E-state index in [0.29, 0.717) is 6.61 Å². The Bertz CT molecular complexity index is 563. The van der Waals surface area contributed by atoms with Crippen molar-refractivity contribution in [3.63, 3.8) is 0 Å². The zero-order valence-electron chi connectivity index (χ0n) is 16.2. The Labute approximate surface area is 157 Å². The Balaban J connectivity index is 2.35. The summed E-state index contributed by atoms with van der Waals surface area (Å²) in [6, 6.07) is 6.59. The number of unbranched alkanes of at least 4 members (excludes halogenated alkanes) is 6. The molecule has 0 heterocycles. The maximum absolute atomic E-state index is 12.2.